The number of carbonyl (C=O) groups excluding carboxylic acids is 2. The summed E-state index contributed by atoms with van der Waals surface area (Å²) >= 11 is 0. The molecule has 27 heavy (non-hydrogen) atoms. The van der Waals surface area contributed by atoms with E-state index in [1.807, 2.05) is 0 Å². The van der Waals surface area contributed by atoms with Crippen molar-refractivity contribution in [3.63, 3.8) is 0 Å². The summed E-state index contributed by atoms with van der Waals surface area (Å²) < 4.78 is 28.4. The molecule has 0 radical (unpaired) electrons. The predicted octanol–water partition coefficient (Wildman–Crippen LogP) is 3.83. The fourth-order valence-corrected chi connectivity index (χ4v) is 2.32. The van der Waals surface area contributed by atoms with Gasteiger partial charge in [-0.1, -0.05) is 12.1 Å². The quantitative estimate of drug-likeness (QED) is 0.726. The maximum absolute atomic E-state index is 12.1. The Morgan fingerprint density at radius 3 is 2.30 bits per heavy atom. The van der Waals surface area contributed by atoms with Crippen molar-refractivity contribution in [2.45, 2.75) is 25.5 Å². The number of halogens is 2. The van der Waals surface area contributed by atoms with E-state index in [0.29, 0.717) is 17.3 Å². The normalized spacial score (nSPS) is 13.6. The number of carbonyl (C=O) groups is 2. The molecule has 0 saturated heterocycles. The second-order valence-corrected chi connectivity index (χ2v) is 6.10. The first-order valence-electron chi connectivity index (χ1n) is 8.44. The molecule has 0 bridgehead atoms. The van der Waals surface area contributed by atoms with E-state index < -0.39 is 6.61 Å². The Bertz CT molecular complexity index is 829. The Morgan fingerprint density at radius 2 is 1.70 bits per heavy atom. The highest BCUT2D eigenvalue weighted by Crippen LogP contribution is 2.20. The highest BCUT2D eigenvalue weighted by Gasteiger charge is 2.23. The van der Waals surface area contributed by atoms with Crippen LogP contribution >= 0.6 is 0 Å². The average molecular weight is 372 g/mol. The number of nitrogens with one attached hydrogen (secondary N) is 2. The van der Waals surface area contributed by atoms with Gasteiger partial charge in [0.2, 0.25) is 5.91 Å². The van der Waals surface area contributed by atoms with E-state index in [1.54, 1.807) is 30.3 Å². The summed E-state index contributed by atoms with van der Waals surface area (Å²) in [5, 5.41) is 5.53. The first-order chi connectivity index (χ1) is 13.0. The number of hydrogen-bond donors (Lipinski definition) is 2. The zero-order valence-corrected chi connectivity index (χ0v) is 14.3. The molecule has 0 atom stereocenters. The van der Waals surface area contributed by atoms with Gasteiger partial charge in [0.1, 0.15) is 5.75 Å². The molecule has 7 heteroatoms. The van der Waals surface area contributed by atoms with E-state index in [2.05, 4.69) is 15.4 Å². The largest absolute Gasteiger partial charge is 0.435 e. The van der Waals surface area contributed by atoms with Crippen LogP contribution in [-0.2, 0) is 4.79 Å². The first kappa shape index (κ1) is 18.6. The van der Waals surface area contributed by atoms with Crippen molar-refractivity contribution in [3.8, 4) is 5.75 Å². The third-order valence-electron chi connectivity index (χ3n) is 3.86. The van der Waals surface area contributed by atoms with E-state index in [9.17, 15) is 18.4 Å². The molecule has 0 spiro atoms. The summed E-state index contributed by atoms with van der Waals surface area (Å²) in [5.74, 6) is -0.442. The molecule has 0 unspecified atom stereocenters. The van der Waals surface area contributed by atoms with Gasteiger partial charge in [-0.2, -0.15) is 8.78 Å². The third-order valence-corrected chi connectivity index (χ3v) is 3.86. The highest BCUT2D eigenvalue weighted by molar-refractivity contribution is 6.02. The van der Waals surface area contributed by atoms with Crippen LogP contribution < -0.4 is 15.4 Å². The molecule has 3 rings (SSSR count). The van der Waals surface area contributed by atoms with E-state index in [4.69, 9.17) is 0 Å². The molecule has 140 valence electrons. The number of hydrogen-bond acceptors (Lipinski definition) is 3. The fourth-order valence-electron chi connectivity index (χ4n) is 2.32. The molecule has 0 aliphatic heterocycles. The molecule has 0 heterocycles. The van der Waals surface area contributed by atoms with E-state index >= 15 is 0 Å². The minimum Gasteiger partial charge on any atom is -0.435 e. The second-order valence-electron chi connectivity index (χ2n) is 6.10. The lowest BCUT2D eigenvalue weighted by atomic mass is 10.1. The fraction of sp³-hybridized carbons (Fsp3) is 0.200. The average Bonchev–Trinajstić information content (AvgIpc) is 3.45. The summed E-state index contributed by atoms with van der Waals surface area (Å²) in [6.07, 6.45) is 5.03. The van der Waals surface area contributed by atoms with Gasteiger partial charge < -0.3 is 15.4 Å². The van der Waals surface area contributed by atoms with Gasteiger partial charge in [0, 0.05) is 23.4 Å². The van der Waals surface area contributed by atoms with Crippen molar-refractivity contribution in [1.82, 2.24) is 5.32 Å². The molecule has 1 aliphatic rings. The zero-order chi connectivity index (χ0) is 19.2. The maximum atomic E-state index is 12.1. The molecule has 2 aromatic rings. The highest BCUT2D eigenvalue weighted by atomic mass is 19.3. The lowest BCUT2D eigenvalue weighted by Gasteiger charge is -2.06. The molecular formula is C20H18F2N2O3. The van der Waals surface area contributed by atoms with Crippen LogP contribution in [0, 0.1) is 0 Å². The van der Waals surface area contributed by atoms with Crippen molar-refractivity contribution >= 4 is 23.6 Å². The summed E-state index contributed by atoms with van der Waals surface area (Å²) in [5.41, 5.74) is 1.81. The summed E-state index contributed by atoms with van der Waals surface area (Å²) in [6.45, 7) is -2.89. The monoisotopic (exact) mass is 372 g/mol. The lowest BCUT2D eigenvalue weighted by molar-refractivity contribution is -0.111. The molecule has 1 fully saturated rings. The minimum absolute atomic E-state index is 0.0179. The Morgan fingerprint density at radius 1 is 1.04 bits per heavy atom. The van der Waals surface area contributed by atoms with Gasteiger partial charge in [0.05, 0.1) is 0 Å². The SMILES string of the molecule is O=C(/C=C/c1ccc(C(=O)NC2CC2)cc1)Nc1ccc(OC(F)F)cc1. The van der Waals surface area contributed by atoms with Gasteiger partial charge in [-0.05, 0) is 60.9 Å². The molecule has 2 N–H and O–H groups in total. The maximum Gasteiger partial charge on any atom is 0.387 e. The topological polar surface area (TPSA) is 67.4 Å². The van der Waals surface area contributed by atoms with Crippen LogP contribution in [0.15, 0.2) is 54.6 Å². The summed E-state index contributed by atoms with van der Waals surface area (Å²) in [7, 11) is 0. The summed E-state index contributed by atoms with van der Waals surface area (Å²) in [6, 6.07) is 12.8. The Kier molecular flexibility index (Phi) is 5.80. The zero-order valence-electron chi connectivity index (χ0n) is 14.3. The van der Waals surface area contributed by atoms with Crippen molar-refractivity contribution in [3.05, 3.63) is 65.7 Å². The minimum atomic E-state index is -2.89. The molecule has 2 aromatic carbocycles. The molecule has 2 amide bonds. The number of alkyl halides is 2. The van der Waals surface area contributed by atoms with Crippen molar-refractivity contribution in [2.75, 3.05) is 5.32 Å². The second kappa shape index (κ2) is 8.44. The Labute approximate surface area is 155 Å². The van der Waals surface area contributed by atoms with Crippen LogP contribution in [0.25, 0.3) is 6.08 Å². The number of rotatable bonds is 7. The molecule has 1 saturated carbocycles. The van der Waals surface area contributed by atoms with Crippen molar-refractivity contribution < 1.29 is 23.1 Å². The van der Waals surface area contributed by atoms with Crippen molar-refractivity contribution in [1.29, 1.82) is 0 Å². The van der Waals surface area contributed by atoms with Crippen LogP contribution in [0.5, 0.6) is 5.75 Å². The number of anilines is 1. The van der Waals surface area contributed by atoms with Gasteiger partial charge in [0.25, 0.3) is 5.91 Å². The van der Waals surface area contributed by atoms with E-state index in [0.717, 1.165) is 18.4 Å². The predicted molar refractivity (Wildman–Crippen MR) is 97.7 cm³/mol. The van der Waals surface area contributed by atoms with Crippen LogP contribution in [0.4, 0.5) is 14.5 Å². The van der Waals surface area contributed by atoms with Gasteiger partial charge in [0.15, 0.2) is 0 Å². The van der Waals surface area contributed by atoms with E-state index in [-0.39, 0.29) is 17.6 Å². The smallest absolute Gasteiger partial charge is 0.387 e. The van der Waals surface area contributed by atoms with Gasteiger partial charge in [-0.15, -0.1) is 0 Å². The number of ether oxygens (including phenoxy) is 1. The molecule has 5 nitrogen and oxygen atoms in total. The molecule has 1 aliphatic carbocycles. The standard InChI is InChI=1S/C20H18F2N2O3/c21-20(22)27-17-10-8-15(9-11-17)23-18(25)12-3-13-1-4-14(5-2-13)19(26)24-16-6-7-16/h1-5,8-12,16,20H,6-7H2,(H,23,25)(H,24,26)/b12-3+. The van der Waals surface area contributed by atoms with Crippen LogP contribution in [0.3, 0.4) is 0 Å². The van der Waals surface area contributed by atoms with Gasteiger partial charge in [-0.25, -0.2) is 0 Å². The Balaban J connectivity index is 1.52. The number of amides is 2. The van der Waals surface area contributed by atoms with Gasteiger partial charge in [-0.3, -0.25) is 9.59 Å². The van der Waals surface area contributed by atoms with Gasteiger partial charge >= 0.3 is 6.61 Å². The van der Waals surface area contributed by atoms with Crippen LogP contribution in [-0.4, -0.2) is 24.5 Å². The molecule has 0 aromatic heterocycles. The van der Waals surface area contributed by atoms with E-state index in [1.165, 1.54) is 30.3 Å². The first-order valence-corrected chi connectivity index (χ1v) is 8.44. The van der Waals surface area contributed by atoms with Crippen LogP contribution in [0.1, 0.15) is 28.8 Å². The molecular weight excluding hydrogens is 354 g/mol. The van der Waals surface area contributed by atoms with Crippen LogP contribution in [0.2, 0.25) is 0 Å². The number of benzene rings is 2. The summed E-state index contributed by atoms with van der Waals surface area (Å²) in [4.78, 5) is 23.9. The lowest BCUT2D eigenvalue weighted by Crippen LogP contribution is -2.25. The Hall–Kier alpha value is -3.22. The third kappa shape index (κ3) is 5.91. The van der Waals surface area contributed by atoms with Crippen molar-refractivity contribution in [2.24, 2.45) is 0 Å².